The third kappa shape index (κ3) is 1.71. The Balaban J connectivity index is 2.87. The number of ether oxygens (including phenoxy) is 1. The topological polar surface area (TPSA) is 52.3 Å². The summed E-state index contributed by atoms with van der Waals surface area (Å²) >= 11 is 1.41. The third-order valence-electron chi connectivity index (χ3n) is 1.19. The van der Waals surface area contributed by atoms with Crippen molar-refractivity contribution in [2.24, 2.45) is 5.73 Å². The zero-order valence-corrected chi connectivity index (χ0v) is 6.98. The Bertz CT molecular complexity index is 257. The molecule has 0 aliphatic heterocycles. The SMILES string of the molecule is CCOc1cscc1C(N)=O. The van der Waals surface area contributed by atoms with Crippen LogP contribution in [0.15, 0.2) is 10.8 Å². The van der Waals surface area contributed by atoms with Crippen molar-refractivity contribution < 1.29 is 9.53 Å². The lowest BCUT2D eigenvalue weighted by Crippen LogP contribution is -2.11. The predicted molar refractivity (Wildman–Crippen MR) is 44.0 cm³/mol. The molecule has 1 aromatic heterocycles. The number of hydrogen-bond acceptors (Lipinski definition) is 3. The smallest absolute Gasteiger partial charge is 0.253 e. The van der Waals surface area contributed by atoms with Gasteiger partial charge in [-0.2, -0.15) is 0 Å². The molecule has 0 spiro atoms. The quantitative estimate of drug-likeness (QED) is 0.744. The molecule has 1 amide bonds. The molecule has 4 heteroatoms. The van der Waals surface area contributed by atoms with Crippen LogP contribution in [-0.4, -0.2) is 12.5 Å². The summed E-state index contributed by atoms with van der Waals surface area (Å²) in [6.07, 6.45) is 0. The van der Waals surface area contributed by atoms with E-state index in [9.17, 15) is 4.79 Å². The first-order valence-corrected chi connectivity index (χ1v) is 4.18. The first-order chi connectivity index (χ1) is 5.25. The summed E-state index contributed by atoms with van der Waals surface area (Å²) in [7, 11) is 0. The van der Waals surface area contributed by atoms with Gasteiger partial charge in [0.25, 0.3) is 5.91 Å². The molecule has 0 radical (unpaired) electrons. The van der Waals surface area contributed by atoms with Crippen molar-refractivity contribution in [3.05, 3.63) is 16.3 Å². The molecule has 0 atom stereocenters. The summed E-state index contributed by atoms with van der Waals surface area (Å²) in [5.74, 6) is 0.153. The maximum atomic E-state index is 10.7. The fraction of sp³-hybridized carbons (Fsp3) is 0.286. The molecule has 0 bridgehead atoms. The second-order valence-electron chi connectivity index (χ2n) is 1.95. The van der Waals surface area contributed by atoms with E-state index < -0.39 is 5.91 Å². The van der Waals surface area contributed by atoms with Gasteiger partial charge in [0.2, 0.25) is 0 Å². The molecule has 0 aromatic carbocycles. The van der Waals surface area contributed by atoms with Crippen molar-refractivity contribution >= 4 is 17.2 Å². The van der Waals surface area contributed by atoms with Crippen LogP contribution in [0.4, 0.5) is 0 Å². The molecule has 60 valence electrons. The molecule has 11 heavy (non-hydrogen) atoms. The number of nitrogens with two attached hydrogens (primary N) is 1. The first-order valence-electron chi connectivity index (χ1n) is 3.24. The second kappa shape index (κ2) is 3.39. The van der Waals surface area contributed by atoms with Gasteiger partial charge in [0.05, 0.1) is 12.2 Å². The van der Waals surface area contributed by atoms with Crippen LogP contribution in [0.25, 0.3) is 0 Å². The van der Waals surface area contributed by atoms with Crippen molar-refractivity contribution in [2.45, 2.75) is 6.92 Å². The van der Waals surface area contributed by atoms with Gasteiger partial charge in [-0.15, -0.1) is 11.3 Å². The highest BCUT2D eigenvalue weighted by molar-refractivity contribution is 7.08. The molecule has 0 saturated heterocycles. The summed E-state index contributed by atoms with van der Waals surface area (Å²) in [6.45, 7) is 2.42. The molecule has 0 saturated carbocycles. The van der Waals surface area contributed by atoms with E-state index in [4.69, 9.17) is 10.5 Å². The molecule has 1 aromatic rings. The minimum atomic E-state index is -0.435. The molecule has 0 aliphatic rings. The van der Waals surface area contributed by atoms with E-state index in [0.717, 1.165) is 0 Å². The Hall–Kier alpha value is -1.03. The molecule has 3 nitrogen and oxygen atoms in total. The molecular weight excluding hydrogens is 162 g/mol. The number of rotatable bonds is 3. The second-order valence-corrected chi connectivity index (χ2v) is 2.69. The van der Waals surface area contributed by atoms with E-state index in [1.807, 2.05) is 6.92 Å². The minimum Gasteiger partial charge on any atom is -0.492 e. The summed E-state index contributed by atoms with van der Waals surface area (Å²) < 4.78 is 5.15. The molecule has 0 unspecified atom stereocenters. The highest BCUT2D eigenvalue weighted by Crippen LogP contribution is 2.22. The van der Waals surface area contributed by atoms with Crippen LogP contribution in [0.1, 0.15) is 17.3 Å². The zero-order chi connectivity index (χ0) is 8.27. The summed E-state index contributed by atoms with van der Waals surface area (Å²) in [4.78, 5) is 10.7. The Labute approximate surface area is 68.8 Å². The van der Waals surface area contributed by atoms with E-state index in [2.05, 4.69) is 0 Å². The Morgan fingerprint density at radius 2 is 2.45 bits per heavy atom. The lowest BCUT2D eigenvalue weighted by atomic mass is 10.3. The minimum absolute atomic E-state index is 0.435. The van der Waals surface area contributed by atoms with E-state index in [-0.39, 0.29) is 0 Å². The number of thiophene rings is 1. The van der Waals surface area contributed by atoms with Crippen LogP contribution in [0.5, 0.6) is 5.75 Å². The molecular formula is C7H9NO2S. The number of carbonyl (C=O) groups is 1. The summed E-state index contributed by atoms with van der Waals surface area (Å²) in [6, 6.07) is 0. The van der Waals surface area contributed by atoms with Gasteiger partial charge in [-0.05, 0) is 6.92 Å². The number of carbonyl (C=O) groups excluding carboxylic acids is 1. The van der Waals surface area contributed by atoms with Gasteiger partial charge in [0.15, 0.2) is 0 Å². The lowest BCUT2D eigenvalue weighted by Gasteiger charge is -2.00. The van der Waals surface area contributed by atoms with Gasteiger partial charge >= 0.3 is 0 Å². The normalized spacial score (nSPS) is 9.55. The van der Waals surface area contributed by atoms with E-state index >= 15 is 0 Å². The average Bonchev–Trinajstić information content (AvgIpc) is 2.36. The molecule has 0 fully saturated rings. The van der Waals surface area contributed by atoms with Gasteiger partial charge in [0, 0.05) is 10.8 Å². The fourth-order valence-corrected chi connectivity index (χ4v) is 1.49. The predicted octanol–water partition coefficient (Wildman–Crippen LogP) is 1.25. The standard InChI is InChI=1S/C7H9NO2S/c1-2-10-6-4-11-3-5(6)7(8)9/h3-4H,2H2,1H3,(H2,8,9). The fourth-order valence-electron chi connectivity index (χ4n) is 0.732. The van der Waals surface area contributed by atoms with Crippen LogP contribution in [0.3, 0.4) is 0 Å². The highest BCUT2D eigenvalue weighted by atomic mass is 32.1. The molecule has 2 N–H and O–H groups in total. The molecule has 0 aliphatic carbocycles. The molecule has 1 heterocycles. The monoisotopic (exact) mass is 171 g/mol. The van der Waals surface area contributed by atoms with Crippen molar-refractivity contribution in [2.75, 3.05) is 6.61 Å². The maximum Gasteiger partial charge on any atom is 0.253 e. The summed E-state index contributed by atoms with van der Waals surface area (Å²) in [5, 5.41) is 3.46. The third-order valence-corrected chi connectivity index (χ3v) is 1.91. The highest BCUT2D eigenvalue weighted by Gasteiger charge is 2.08. The Morgan fingerprint density at radius 3 is 3.00 bits per heavy atom. The number of amides is 1. The van der Waals surface area contributed by atoms with Crippen LogP contribution in [-0.2, 0) is 0 Å². The van der Waals surface area contributed by atoms with E-state index in [1.165, 1.54) is 11.3 Å². The van der Waals surface area contributed by atoms with E-state index in [0.29, 0.717) is 17.9 Å². The maximum absolute atomic E-state index is 10.7. The largest absolute Gasteiger partial charge is 0.492 e. The molecule has 1 rings (SSSR count). The number of primary amides is 1. The van der Waals surface area contributed by atoms with Gasteiger partial charge in [-0.25, -0.2) is 0 Å². The van der Waals surface area contributed by atoms with Crippen LogP contribution in [0, 0.1) is 0 Å². The van der Waals surface area contributed by atoms with Gasteiger partial charge in [0.1, 0.15) is 5.75 Å². The Morgan fingerprint density at radius 1 is 1.73 bits per heavy atom. The van der Waals surface area contributed by atoms with Crippen molar-refractivity contribution in [1.29, 1.82) is 0 Å². The average molecular weight is 171 g/mol. The Kier molecular flexibility index (Phi) is 2.48. The van der Waals surface area contributed by atoms with Crippen molar-refractivity contribution in [3.63, 3.8) is 0 Å². The van der Waals surface area contributed by atoms with Crippen molar-refractivity contribution in [1.82, 2.24) is 0 Å². The number of hydrogen-bond donors (Lipinski definition) is 1. The summed E-state index contributed by atoms with van der Waals surface area (Å²) in [5.41, 5.74) is 5.55. The first kappa shape index (κ1) is 8.07. The van der Waals surface area contributed by atoms with Gasteiger partial charge in [-0.1, -0.05) is 0 Å². The van der Waals surface area contributed by atoms with Crippen LogP contribution >= 0.6 is 11.3 Å². The van der Waals surface area contributed by atoms with Gasteiger partial charge < -0.3 is 10.5 Å². The van der Waals surface area contributed by atoms with Crippen LogP contribution in [0.2, 0.25) is 0 Å². The lowest BCUT2D eigenvalue weighted by molar-refractivity contribution is 0.0997. The van der Waals surface area contributed by atoms with Crippen molar-refractivity contribution in [3.8, 4) is 5.75 Å². The van der Waals surface area contributed by atoms with Gasteiger partial charge in [-0.3, -0.25) is 4.79 Å². The van der Waals surface area contributed by atoms with Crippen LogP contribution < -0.4 is 10.5 Å². The van der Waals surface area contributed by atoms with E-state index in [1.54, 1.807) is 10.8 Å². The zero-order valence-electron chi connectivity index (χ0n) is 6.16.